The van der Waals surface area contributed by atoms with Crippen LogP contribution in [-0.4, -0.2) is 53.0 Å². The van der Waals surface area contributed by atoms with Gasteiger partial charge in [0.05, 0.1) is 28.8 Å². The first-order chi connectivity index (χ1) is 17.4. The number of non-ortho nitro benzene ring substituents is 1. The molecule has 0 bridgehead atoms. The van der Waals surface area contributed by atoms with E-state index in [-0.39, 0.29) is 12.1 Å². The van der Waals surface area contributed by atoms with E-state index in [1.165, 1.54) is 12.1 Å². The minimum absolute atomic E-state index is 0.0643. The van der Waals surface area contributed by atoms with Gasteiger partial charge in [0, 0.05) is 54.6 Å². The van der Waals surface area contributed by atoms with E-state index in [1.54, 1.807) is 12.1 Å². The van der Waals surface area contributed by atoms with Crippen LogP contribution in [0.2, 0.25) is 5.02 Å². The van der Waals surface area contributed by atoms with E-state index >= 15 is 0 Å². The van der Waals surface area contributed by atoms with E-state index in [2.05, 4.69) is 9.80 Å². The number of hydrogen-bond acceptors (Lipinski definition) is 7. The number of nitro benzene ring substituents is 1. The Hall–Kier alpha value is -4.11. The number of nitrogens with zero attached hydrogens (tertiary/aromatic N) is 5. The molecule has 2 aliphatic heterocycles. The second kappa shape index (κ2) is 9.87. The average Bonchev–Trinajstić information content (AvgIpc) is 2.88. The summed E-state index contributed by atoms with van der Waals surface area (Å²) in [5, 5.41) is 22.0. The maximum Gasteiger partial charge on any atom is 0.305 e. The summed E-state index contributed by atoms with van der Waals surface area (Å²) in [5.74, 6) is -0.372. The first kappa shape index (κ1) is 23.6. The fourth-order valence-corrected chi connectivity index (χ4v) is 4.97. The maximum absolute atomic E-state index is 11.9. The molecule has 1 saturated heterocycles. The van der Waals surface area contributed by atoms with Crippen molar-refractivity contribution in [2.24, 2.45) is 4.99 Å². The Labute approximate surface area is 213 Å². The normalized spacial score (nSPS) is 17.4. The summed E-state index contributed by atoms with van der Waals surface area (Å²) in [5.41, 5.74) is 2.98. The molecule has 1 atom stereocenters. The second-order valence-electron chi connectivity index (χ2n) is 8.69. The van der Waals surface area contributed by atoms with E-state index in [1.807, 2.05) is 53.4 Å². The summed E-state index contributed by atoms with van der Waals surface area (Å²) in [7, 11) is 0. The minimum Gasteiger partial charge on any atom is -0.481 e. The Morgan fingerprint density at radius 3 is 2.39 bits per heavy atom. The van der Waals surface area contributed by atoms with Crippen LogP contribution in [0.1, 0.15) is 18.0 Å². The number of para-hydroxylation sites is 1. The smallest absolute Gasteiger partial charge is 0.305 e. The zero-order valence-corrected chi connectivity index (χ0v) is 20.1. The molecular formula is C26H24ClN5O4. The fourth-order valence-electron chi connectivity index (χ4n) is 4.79. The lowest BCUT2D eigenvalue weighted by Crippen LogP contribution is -2.55. The van der Waals surface area contributed by atoms with Gasteiger partial charge in [-0.25, -0.2) is 4.99 Å². The Balaban J connectivity index is 1.53. The van der Waals surface area contributed by atoms with Crippen molar-refractivity contribution in [3.63, 3.8) is 0 Å². The van der Waals surface area contributed by atoms with Crippen LogP contribution in [0, 0.1) is 10.1 Å². The van der Waals surface area contributed by atoms with E-state index in [9.17, 15) is 20.0 Å². The summed E-state index contributed by atoms with van der Waals surface area (Å²) >= 11 is 6.18. The molecule has 9 nitrogen and oxygen atoms in total. The van der Waals surface area contributed by atoms with Gasteiger partial charge in [-0.1, -0.05) is 41.9 Å². The predicted octanol–water partition coefficient (Wildman–Crippen LogP) is 5.09. The molecule has 1 unspecified atom stereocenters. The van der Waals surface area contributed by atoms with Gasteiger partial charge < -0.3 is 19.8 Å². The van der Waals surface area contributed by atoms with Gasteiger partial charge in [0.1, 0.15) is 0 Å². The van der Waals surface area contributed by atoms with Crippen LogP contribution in [0.4, 0.5) is 22.7 Å². The Morgan fingerprint density at radius 2 is 1.67 bits per heavy atom. The van der Waals surface area contributed by atoms with Crippen molar-refractivity contribution in [2.45, 2.75) is 12.5 Å². The lowest BCUT2D eigenvalue weighted by atomic mass is 9.97. The number of rotatable bonds is 5. The van der Waals surface area contributed by atoms with Crippen molar-refractivity contribution >= 4 is 46.3 Å². The largest absolute Gasteiger partial charge is 0.481 e. The average molecular weight is 506 g/mol. The first-order valence-corrected chi connectivity index (χ1v) is 12.0. The van der Waals surface area contributed by atoms with E-state index in [0.29, 0.717) is 48.5 Å². The molecule has 1 fully saturated rings. The number of carbonyl (C=O) groups is 1. The molecule has 2 aliphatic rings. The lowest BCUT2D eigenvalue weighted by Gasteiger charge is -2.45. The van der Waals surface area contributed by atoms with Crippen molar-refractivity contribution in [3.8, 4) is 0 Å². The van der Waals surface area contributed by atoms with Gasteiger partial charge in [-0.3, -0.25) is 14.9 Å². The zero-order chi connectivity index (χ0) is 25.2. The number of anilines is 2. The van der Waals surface area contributed by atoms with Crippen LogP contribution < -0.4 is 9.80 Å². The van der Waals surface area contributed by atoms with Crippen LogP contribution >= 0.6 is 11.6 Å². The molecule has 5 rings (SSSR count). The van der Waals surface area contributed by atoms with Gasteiger partial charge in [-0.15, -0.1) is 0 Å². The number of benzene rings is 3. The molecule has 2 heterocycles. The number of hydrogen-bond donors (Lipinski definition) is 1. The molecule has 184 valence electrons. The van der Waals surface area contributed by atoms with Crippen LogP contribution in [-0.2, 0) is 4.79 Å². The van der Waals surface area contributed by atoms with Crippen LogP contribution in [0.3, 0.4) is 0 Å². The quantitative estimate of drug-likeness (QED) is 0.380. The van der Waals surface area contributed by atoms with Crippen molar-refractivity contribution in [1.29, 1.82) is 0 Å². The topological polar surface area (TPSA) is 103 Å². The minimum atomic E-state index is -0.961. The summed E-state index contributed by atoms with van der Waals surface area (Å²) in [6.45, 7) is 2.71. The zero-order valence-electron chi connectivity index (χ0n) is 19.3. The highest BCUT2D eigenvalue weighted by Crippen LogP contribution is 2.41. The van der Waals surface area contributed by atoms with Gasteiger partial charge >= 0.3 is 5.97 Å². The van der Waals surface area contributed by atoms with Crippen LogP contribution in [0.15, 0.2) is 77.8 Å². The predicted molar refractivity (Wildman–Crippen MR) is 139 cm³/mol. The number of aliphatic imine (C=N–C) groups is 1. The van der Waals surface area contributed by atoms with E-state index < -0.39 is 16.9 Å². The number of guanidine groups is 1. The van der Waals surface area contributed by atoms with Crippen molar-refractivity contribution in [1.82, 2.24) is 4.90 Å². The summed E-state index contributed by atoms with van der Waals surface area (Å²) in [4.78, 5) is 34.1. The fraction of sp³-hybridized carbons (Fsp3) is 0.231. The lowest BCUT2D eigenvalue weighted by molar-refractivity contribution is -0.384. The molecule has 1 N–H and O–H groups in total. The molecular weight excluding hydrogens is 482 g/mol. The van der Waals surface area contributed by atoms with Crippen molar-refractivity contribution in [3.05, 3.63) is 93.5 Å². The Bertz CT molecular complexity index is 1340. The number of carboxylic acid groups (broad SMARTS) is 1. The molecule has 0 aliphatic carbocycles. The van der Waals surface area contributed by atoms with Gasteiger partial charge in [-0.05, 0) is 30.3 Å². The highest BCUT2D eigenvalue weighted by molar-refractivity contribution is 6.30. The van der Waals surface area contributed by atoms with E-state index in [0.717, 1.165) is 11.3 Å². The number of halogens is 1. The van der Waals surface area contributed by atoms with Crippen LogP contribution in [0.25, 0.3) is 0 Å². The molecule has 3 aromatic carbocycles. The van der Waals surface area contributed by atoms with Crippen molar-refractivity contribution in [2.75, 3.05) is 36.0 Å². The summed E-state index contributed by atoms with van der Waals surface area (Å²) in [6, 6.07) is 20.9. The van der Waals surface area contributed by atoms with Crippen molar-refractivity contribution < 1.29 is 14.8 Å². The number of aliphatic carboxylic acids is 1. The maximum atomic E-state index is 11.9. The summed E-state index contributed by atoms with van der Waals surface area (Å²) < 4.78 is 0. The molecule has 0 spiro atoms. The highest BCUT2D eigenvalue weighted by atomic mass is 35.5. The molecule has 3 aromatic rings. The van der Waals surface area contributed by atoms with Gasteiger partial charge in [-0.2, -0.15) is 0 Å². The first-order valence-electron chi connectivity index (χ1n) is 11.6. The highest BCUT2D eigenvalue weighted by Gasteiger charge is 2.36. The SMILES string of the molecule is O=C(O)CC1c2ccccc2N=C(N2CCN(c3cccc(Cl)c3)CC2)N1c1cccc([N+](=O)[O-])c1. The molecule has 0 radical (unpaired) electrons. The second-order valence-corrected chi connectivity index (χ2v) is 9.12. The standard InChI is InChI=1S/C26H24ClN5O4/c27-18-5-3-6-19(15-18)29-11-13-30(14-12-29)26-28-23-10-2-1-9-22(23)24(17-25(33)34)31(26)20-7-4-8-21(16-20)32(35)36/h1-10,15-16,24H,11-14,17H2,(H,33,34). The molecule has 0 amide bonds. The van der Waals surface area contributed by atoms with Gasteiger partial charge in [0.25, 0.3) is 5.69 Å². The van der Waals surface area contributed by atoms with E-state index in [4.69, 9.17) is 16.6 Å². The van der Waals surface area contributed by atoms with Crippen LogP contribution in [0.5, 0.6) is 0 Å². The Morgan fingerprint density at radius 1 is 0.972 bits per heavy atom. The number of nitro groups is 1. The Kier molecular flexibility index (Phi) is 6.47. The molecule has 10 heteroatoms. The summed E-state index contributed by atoms with van der Waals surface area (Å²) in [6.07, 6.45) is -0.179. The third kappa shape index (κ3) is 4.70. The number of piperazine rings is 1. The molecule has 36 heavy (non-hydrogen) atoms. The third-order valence-corrected chi connectivity index (χ3v) is 6.70. The van der Waals surface area contributed by atoms with Gasteiger partial charge in [0.15, 0.2) is 0 Å². The third-order valence-electron chi connectivity index (χ3n) is 6.47. The monoisotopic (exact) mass is 505 g/mol. The van der Waals surface area contributed by atoms with Gasteiger partial charge in [0.2, 0.25) is 5.96 Å². The number of carboxylic acids is 1. The molecule has 0 saturated carbocycles. The molecule has 0 aromatic heterocycles. The number of fused-ring (bicyclic) bond motifs is 1.